The molecule has 0 radical (unpaired) electrons. The number of benzene rings is 2. The van der Waals surface area contributed by atoms with Crippen LogP contribution in [0.15, 0.2) is 29.2 Å². The monoisotopic (exact) mass is 365 g/mol. The highest BCUT2D eigenvalue weighted by Gasteiger charge is 2.24. The molecule has 6 heteroatoms. The summed E-state index contributed by atoms with van der Waals surface area (Å²) in [5, 5.41) is 0. The van der Waals surface area contributed by atoms with Gasteiger partial charge in [-0.3, -0.25) is 0 Å². The molecule has 4 nitrogen and oxygen atoms in total. The van der Waals surface area contributed by atoms with Crippen molar-refractivity contribution < 1.29 is 17.5 Å². The molecule has 136 valence electrons. The van der Waals surface area contributed by atoms with E-state index in [-0.39, 0.29) is 5.75 Å². The maximum Gasteiger partial charge on any atom is 0.241 e. The largest absolute Gasteiger partial charge is 0.494 e. The van der Waals surface area contributed by atoms with E-state index in [1.165, 1.54) is 19.2 Å². The van der Waals surface area contributed by atoms with Crippen LogP contribution in [0.5, 0.6) is 5.75 Å². The first-order valence-electron chi connectivity index (χ1n) is 8.01. The zero-order valence-electron chi connectivity index (χ0n) is 15.4. The van der Waals surface area contributed by atoms with Gasteiger partial charge in [-0.2, -0.15) is 0 Å². The minimum absolute atomic E-state index is 0.125. The molecule has 0 aromatic heterocycles. The fraction of sp³-hybridized carbons (Fsp3) is 0.368. The number of nitrogens with one attached hydrogen (secondary N) is 1. The fourth-order valence-corrected chi connectivity index (χ4v) is 4.74. The van der Waals surface area contributed by atoms with Crippen LogP contribution in [0.2, 0.25) is 0 Å². The zero-order chi connectivity index (χ0) is 18.9. The molecule has 0 aliphatic carbocycles. The number of aryl methyl sites for hydroxylation is 2. The van der Waals surface area contributed by atoms with Crippen LogP contribution in [-0.4, -0.2) is 15.5 Å². The van der Waals surface area contributed by atoms with E-state index in [9.17, 15) is 12.8 Å². The predicted molar refractivity (Wildman–Crippen MR) is 97.1 cm³/mol. The van der Waals surface area contributed by atoms with Crippen LogP contribution < -0.4 is 9.46 Å². The molecule has 0 aliphatic rings. The second-order valence-corrected chi connectivity index (χ2v) is 7.98. The number of methoxy groups -OCH3 is 1. The summed E-state index contributed by atoms with van der Waals surface area (Å²) in [5.41, 5.74) is 3.83. The lowest BCUT2D eigenvalue weighted by atomic mass is 10.0. The van der Waals surface area contributed by atoms with Gasteiger partial charge in [-0.25, -0.2) is 17.5 Å². The molecule has 2 aromatic rings. The highest BCUT2D eigenvalue weighted by Crippen LogP contribution is 2.28. The lowest BCUT2D eigenvalue weighted by Gasteiger charge is -2.20. The van der Waals surface area contributed by atoms with Crippen LogP contribution >= 0.6 is 0 Å². The third kappa shape index (κ3) is 3.85. The minimum atomic E-state index is -3.75. The van der Waals surface area contributed by atoms with Crippen molar-refractivity contribution in [1.82, 2.24) is 4.72 Å². The Kier molecular flexibility index (Phi) is 5.54. The van der Waals surface area contributed by atoms with Gasteiger partial charge in [0.15, 0.2) is 11.6 Å². The Morgan fingerprint density at radius 1 is 1.04 bits per heavy atom. The SMILES string of the molecule is COc1ccc(C(C)NS(=O)(=O)c2c(C)c(C)cc(C)c2C)cc1F. The van der Waals surface area contributed by atoms with Crippen LogP contribution in [0.3, 0.4) is 0 Å². The Labute approximate surface area is 149 Å². The van der Waals surface area contributed by atoms with Gasteiger partial charge in [0, 0.05) is 6.04 Å². The molecule has 0 spiro atoms. The van der Waals surface area contributed by atoms with Crippen molar-refractivity contribution in [1.29, 1.82) is 0 Å². The summed E-state index contributed by atoms with van der Waals surface area (Å²) in [4.78, 5) is 0.297. The van der Waals surface area contributed by atoms with Crippen molar-refractivity contribution >= 4 is 10.0 Å². The second-order valence-electron chi connectivity index (χ2n) is 6.33. The first kappa shape index (κ1) is 19.4. The van der Waals surface area contributed by atoms with Crippen molar-refractivity contribution in [3.8, 4) is 5.75 Å². The Balaban J connectivity index is 2.41. The Bertz CT molecular complexity index is 881. The number of hydrogen-bond acceptors (Lipinski definition) is 3. The number of rotatable bonds is 5. The minimum Gasteiger partial charge on any atom is -0.494 e. The molecule has 0 bridgehead atoms. The van der Waals surface area contributed by atoms with Gasteiger partial charge < -0.3 is 4.74 Å². The molecular weight excluding hydrogens is 341 g/mol. The van der Waals surface area contributed by atoms with E-state index >= 15 is 0 Å². The van der Waals surface area contributed by atoms with E-state index in [1.807, 2.05) is 19.9 Å². The predicted octanol–water partition coefficient (Wildman–Crippen LogP) is 4.11. The van der Waals surface area contributed by atoms with Crippen molar-refractivity contribution in [2.24, 2.45) is 0 Å². The molecule has 2 rings (SSSR count). The number of sulfonamides is 1. The van der Waals surface area contributed by atoms with E-state index in [1.54, 1.807) is 26.8 Å². The molecule has 25 heavy (non-hydrogen) atoms. The van der Waals surface area contributed by atoms with Gasteiger partial charge in [0.2, 0.25) is 10.0 Å². The Morgan fingerprint density at radius 2 is 1.60 bits per heavy atom. The highest BCUT2D eigenvalue weighted by atomic mass is 32.2. The average molecular weight is 365 g/mol. The zero-order valence-corrected chi connectivity index (χ0v) is 16.2. The van der Waals surface area contributed by atoms with Gasteiger partial charge in [0.05, 0.1) is 12.0 Å². The molecular formula is C19H24FNO3S. The smallest absolute Gasteiger partial charge is 0.241 e. The van der Waals surface area contributed by atoms with Gasteiger partial charge in [-0.15, -0.1) is 0 Å². The van der Waals surface area contributed by atoms with Crippen molar-refractivity contribution in [2.45, 2.75) is 45.6 Å². The standard InChI is InChI=1S/C19H24FNO3S/c1-11-9-12(2)14(4)19(13(11)3)25(22,23)21-15(5)16-7-8-18(24-6)17(20)10-16/h7-10,15,21H,1-6H3. The summed E-state index contributed by atoms with van der Waals surface area (Å²) in [7, 11) is -2.36. The van der Waals surface area contributed by atoms with Gasteiger partial charge in [0.25, 0.3) is 0 Å². The van der Waals surface area contributed by atoms with Crippen LogP contribution in [-0.2, 0) is 10.0 Å². The van der Waals surface area contributed by atoms with Crippen LogP contribution in [0.4, 0.5) is 4.39 Å². The third-order valence-corrected chi connectivity index (χ3v) is 6.39. The van der Waals surface area contributed by atoms with Gasteiger partial charge in [0.1, 0.15) is 0 Å². The quantitative estimate of drug-likeness (QED) is 0.868. The van der Waals surface area contributed by atoms with E-state index in [2.05, 4.69) is 4.72 Å². The maximum atomic E-state index is 13.9. The number of halogens is 1. The molecule has 0 saturated heterocycles. The normalized spacial score (nSPS) is 12.9. The summed E-state index contributed by atoms with van der Waals surface area (Å²) < 4.78 is 47.3. The van der Waals surface area contributed by atoms with Gasteiger partial charge in [-0.1, -0.05) is 12.1 Å². The molecule has 0 amide bonds. The molecule has 2 aromatic carbocycles. The summed E-state index contributed by atoms with van der Waals surface area (Å²) in [6, 6.07) is 5.82. The lowest BCUT2D eigenvalue weighted by molar-refractivity contribution is 0.386. The van der Waals surface area contributed by atoms with Gasteiger partial charge in [-0.05, 0) is 74.6 Å². The average Bonchev–Trinajstić information content (AvgIpc) is 2.52. The number of hydrogen-bond donors (Lipinski definition) is 1. The van der Waals surface area contributed by atoms with Crippen molar-refractivity contribution in [2.75, 3.05) is 7.11 Å². The molecule has 1 atom stereocenters. The van der Waals surface area contributed by atoms with Crippen LogP contribution in [0.25, 0.3) is 0 Å². The van der Waals surface area contributed by atoms with Crippen molar-refractivity contribution in [3.63, 3.8) is 0 Å². The van der Waals surface area contributed by atoms with Crippen molar-refractivity contribution in [3.05, 3.63) is 57.9 Å². The van der Waals surface area contributed by atoms with E-state index in [0.29, 0.717) is 10.5 Å². The first-order chi connectivity index (χ1) is 11.6. The maximum absolute atomic E-state index is 13.9. The molecule has 0 fully saturated rings. The molecule has 0 saturated carbocycles. The molecule has 0 aliphatic heterocycles. The molecule has 0 heterocycles. The summed E-state index contributed by atoms with van der Waals surface area (Å²) in [5.74, 6) is -0.399. The van der Waals surface area contributed by atoms with Crippen LogP contribution in [0, 0.1) is 33.5 Å². The number of ether oxygens (including phenoxy) is 1. The highest BCUT2D eigenvalue weighted by molar-refractivity contribution is 7.89. The van der Waals surface area contributed by atoms with E-state index in [4.69, 9.17) is 4.74 Å². The summed E-state index contributed by atoms with van der Waals surface area (Å²) in [6.07, 6.45) is 0. The Hall–Kier alpha value is -1.92. The summed E-state index contributed by atoms with van der Waals surface area (Å²) >= 11 is 0. The van der Waals surface area contributed by atoms with Crippen LogP contribution in [0.1, 0.15) is 40.8 Å². The summed E-state index contributed by atoms with van der Waals surface area (Å²) in [6.45, 7) is 9.07. The second kappa shape index (κ2) is 7.14. The van der Waals surface area contributed by atoms with Gasteiger partial charge >= 0.3 is 0 Å². The topological polar surface area (TPSA) is 55.4 Å². The first-order valence-corrected chi connectivity index (χ1v) is 9.50. The lowest BCUT2D eigenvalue weighted by Crippen LogP contribution is -2.28. The Morgan fingerprint density at radius 3 is 2.08 bits per heavy atom. The molecule has 1 unspecified atom stereocenters. The fourth-order valence-electron chi connectivity index (χ4n) is 2.90. The van der Waals surface area contributed by atoms with E-state index < -0.39 is 21.9 Å². The third-order valence-electron chi connectivity index (χ3n) is 4.57. The molecule has 1 N–H and O–H groups in total. The van der Waals surface area contributed by atoms with E-state index in [0.717, 1.165) is 22.3 Å².